The molecule has 1 fully saturated rings. The maximum absolute atomic E-state index is 12.1. The Bertz CT molecular complexity index is 482. The molecule has 2 amide bonds. The highest BCUT2D eigenvalue weighted by Gasteiger charge is 2.21. The fourth-order valence-corrected chi connectivity index (χ4v) is 2.74. The van der Waals surface area contributed by atoms with Gasteiger partial charge in [-0.2, -0.15) is 0 Å². The van der Waals surface area contributed by atoms with E-state index >= 15 is 0 Å². The first-order valence-electron chi connectivity index (χ1n) is 7.78. The van der Waals surface area contributed by atoms with E-state index in [1.807, 2.05) is 30.1 Å². The minimum Gasteiger partial charge on any atom is -0.473 e. The van der Waals surface area contributed by atoms with Gasteiger partial charge in [-0.3, -0.25) is 0 Å². The summed E-state index contributed by atoms with van der Waals surface area (Å²) in [5.41, 5.74) is 2.43. The number of nitrogens with one attached hydrogen (secondary N) is 1. The average molecular weight is 290 g/mol. The summed E-state index contributed by atoms with van der Waals surface area (Å²) in [7, 11) is 1.88. The highest BCUT2D eigenvalue weighted by molar-refractivity contribution is 5.74. The molecule has 4 nitrogen and oxygen atoms in total. The summed E-state index contributed by atoms with van der Waals surface area (Å²) in [6.45, 7) is 4.33. The number of carbonyl (C=O) groups excluding carboxylic acids is 1. The molecule has 1 aromatic rings. The quantitative estimate of drug-likeness (QED) is 0.861. The second kappa shape index (κ2) is 7.34. The lowest BCUT2D eigenvalue weighted by molar-refractivity contribution is 0.163. The van der Waals surface area contributed by atoms with Crippen molar-refractivity contribution < 1.29 is 9.53 Å². The fourth-order valence-electron chi connectivity index (χ4n) is 2.74. The number of urea groups is 1. The van der Waals surface area contributed by atoms with E-state index in [9.17, 15) is 4.79 Å². The van der Waals surface area contributed by atoms with Gasteiger partial charge in [0.05, 0.1) is 0 Å². The molecular weight excluding hydrogens is 264 g/mol. The van der Waals surface area contributed by atoms with Crippen molar-refractivity contribution in [1.82, 2.24) is 10.2 Å². The first kappa shape index (κ1) is 15.7. The van der Waals surface area contributed by atoms with Gasteiger partial charge in [0.25, 0.3) is 0 Å². The topological polar surface area (TPSA) is 41.6 Å². The van der Waals surface area contributed by atoms with Crippen LogP contribution in [-0.4, -0.2) is 30.8 Å². The first-order chi connectivity index (χ1) is 10.1. The molecule has 4 heteroatoms. The monoisotopic (exact) mass is 290 g/mol. The van der Waals surface area contributed by atoms with E-state index < -0.39 is 0 Å². The number of amides is 2. The summed E-state index contributed by atoms with van der Waals surface area (Å²) < 4.78 is 5.59. The second-order valence-corrected chi connectivity index (χ2v) is 5.92. The van der Waals surface area contributed by atoms with Crippen LogP contribution in [0.25, 0.3) is 0 Å². The highest BCUT2D eigenvalue weighted by Crippen LogP contribution is 2.21. The molecule has 1 aliphatic rings. The van der Waals surface area contributed by atoms with Crippen molar-refractivity contribution >= 4 is 6.03 Å². The van der Waals surface area contributed by atoms with E-state index in [1.165, 1.54) is 30.4 Å². The lowest BCUT2D eigenvalue weighted by atomic mass is 9.95. The van der Waals surface area contributed by atoms with Crippen LogP contribution in [0, 0.1) is 13.8 Å². The molecule has 116 valence electrons. The highest BCUT2D eigenvalue weighted by atomic mass is 16.5. The third kappa shape index (κ3) is 4.38. The standard InChI is InChI=1S/C17H26N2O2/c1-13-9-10-16(11-14(13)2)21-12-18-17(20)19(3)15-7-5-4-6-8-15/h9-11,15H,4-8,12H2,1-3H3,(H,18,20). The molecule has 1 aromatic carbocycles. The first-order valence-corrected chi connectivity index (χ1v) is 7.78. The second-order valence-electron chi connectivity index (χ2n) is 5.92. The number of rotatable bonds is 4. The van der Waals surface area contributed by atoms with E-state index in [4.69, 9.17) is 4.74 Å². The number of aryl methyl sites for hydroxylation is 2. The van der Waals surface area contributed by atoms with Crippen LogP contribution < -0.4 is 10.1 Å². The molecule has 0 saturated heterocycles. The van der Waals surface area contributed by atoms with E-state index in [1.54, 1.807) is 0 Å². The number of carbonyl (C=O) groups is 1. The average Bonchev–Trinajstić information content (AvgIpc) is 2.51. The Hall–Kier alpha value is -1.71. The van der Waals surface area contributed by atoms with Gasteiger partial charge < -0.3 is 15.0 Å². The van der Waals surface area contributed by atoms with Gasteiger partial charge >= 0.3 is 6.03 Å². The summed E-state index contributed by atoms with van der Waals surface area (Å²) in [4.78, 5) is 13.9. The van der Waals surface area contributed by atoms with E-state index in [-0.39, 0.29) is 12.8 Å². The molecule has 0 aliphatic heterocycles. The van der Waals surface area contributed by atoms with E-state index in [2.05, 4.69) is 19.2 Å². The predicted molar refractivity (Wildman–Crippen MR) is 84.6 cm³/mol. The zero-order valence-electron chi connectivity index (χ0n) is 13.3. The van der Waals surface area contributed by atoms with E-state index in [0.29, 0.717) is 6.04 Å². The van der Waals surface area contributed by atoms with Crippen LogP contribution in [0.2, 0.25) is 0 Å². The zero-order valence-corrected chi connectivity index (χ0v) is 13.3. The van der Waals surface area contributed by atoms with E-state index in [0.717, 1.165) is 18.6 Å². The normalized spacial score (nSPS) is 15.6. The van der Waals surface area contributed by atoms with Gasteiger partial charge in [-0.15, -0.1) is 0 Å². The molecule has 1 saturated carbocycles. The largest absolute Gasteiger partial charge is 0.473 e. The summed E-state index contributed by atoms with van der Waals surface area (Å²) in [6, 6.07) is 6.28. The molecule has 0 heterocycles. The predicted octanol–water partition coefficient (Wildman–Crippen LogP) is 3.61. The Morgan fingerprint density at radius 1 is 1.24 bits per heavy atom. The van der Waals surface area contributed by atoms with Crippen LogP contribution in [0.5, 0.6) is 5.75 Å². The number of nitrogens with zero attached hydrogens (tertiary/aromatic N) is 1. The van der Waals surface area contributed by atoms with Crippen LogP contribution in [-0.2, 0) is 0 Å². The van der Waals surface area contributed by atoms with Crippen molar-refractivity contribution in [3.63, 3.8) is 0 Å². The Balaban J connectivity index is 1.76. The van der Waals surface area contributed by atoms with Gasteiger partial charge in [0.2, 0.25) is 0 Å². The fraction of sp³-hybridized carbons (Fsp3) is 0.588. The molecule has 0 bridgehead atoms. The van der Waals surface area contributed by atoms with Crippen molar-refractivity contribution in [3.8, 4) is 5.75 Å². The molecule has 1 N–H and O–H groups in total. The Morgan fingerprint density at radius 3 is 2.62 bits per heavy atom. The molecule has 0 spiro atoms. The molecule has 0 atom stereocenters. The number of hydrogen-bond acceptors (Lipinski definition) is 2. The maximum atomic E-state index is 12.1. The minimum absolute atomic E-state index is 0.0502. The molecule has 0 unspecified atom stereocenters. The van der Waals surface area contributed by atoms with Crippen LogP contribution >= 0.6 is 0 Å². The Morgan fingerprint density at radius 2 is 1.95 bits per heavy atom. The van der Waals surface area contributed by atoms with Crippen molar-refractivity contribution in [3.05, 3.63) is 29.3 Å². The van der Waals surface area contributed by atoms with Gasteiger partial charge in [-0.05, 0) is 49.9 Å². The molecular formula is C17H26N2O2. The van der Waals surface area contributed by atoms with Crippen LogP contribution in [0.1, 0.15) is 43.2 Å². The van der Waals surface area contributed by atoms with Crippen molar-refractivity contribution in [2.75, 3.05) is 13.8 Å². The maximum Gasteiger partial charge on any atom is 0.319 e. The zero-order chi connectivity index (χ0) is 15.2. The number of ether oxygens (including phenoxy) is 1. The number of hydrogen-bond donors (Lipinski definition) is 1. The van der Waals surface area contributed by atoms with Gasteiger partial charge in [0, 0.05) is 13.1 Å². The van der Waals surface area contributed by atoms with Crippen LogP contribution in [0.3, 0.4) is 0 Å². The van der Waals surface area contributed by atoms with Gasteiger partial charge in [-0.25, -0.2) is 4.79 Å². The third-order valence-electron chi connectivity index (χ3n) is 4.38. The van der Waals surface area contributed by atoms with Crippen molar-refractivity contribution in [2.24, 2.45) is 0 Å². The number of benzene rings is 1. The molecule has 21 heavy (non-hydrogen) atoms. The minimum atomic E-state index is -0.0502. The summed E-state index contributed by atoms with van der Waals surface area (Å²) in [5, 5.41) is 2.83. The van der Waals surface area contributed by atoms with Gasteiger partial charge in [-0.1, -0.05) is 25.3 Å². The molecule has 0 aromatic heterocycles. The third-order valence-corrected chi connectivity index (χ3v) is 4.38. The molecule has 2 rings (SSSR count). The molecule has 0 radical (unpaired) electrons. The lowest BCUT2D eigenvalue weighted by Gasteiger charge is -2.31. The summed E-state index contributed by atoms with van der Waals surface area (Å²) in [5.74, 6) is 0.790. The van der Waals surface area contributed by atoms with Gasteiger partial charge in [0.1, 0.15) is 5.75 Å². The summed E-state index contributed by atoms with van der Waals surface area (Å²) in [6.07, 6.45) is 5.97. The van der Waals surface area contributed by atoms with Crippen LogP contribution in [0.15, 0.2) is 18.2 Å². The smallest absolute Gasteiger partial charge is 0.319 e. The van der Waals surface area contributed by atoms with Crippen molar-refractivity contribution in [2.45, 2.75) is 52.0 Å². The Labute approximate surface area is 127 Å². The van der Waals surface area contributed by atoms with Gasteiger partial charge in [0.15, 0.2) is 6.73 Å². The summed E-state index contributed by atoms with van der Waals surface area (Å²) >= 11 is 0. The lowest BCUT2D eigenvalue weighted by Crippen LogP contribution is -2.45. The van der Waals surface area contributed by atoms with Crippen LogP contribution in [0.4, 0.5) is 4.79 Å². The Kier molecular flexibility index (Phi) is 5.48. The molecule has 1 aliphatic carbocycles. The SMILES string of the molecule is Cc1ccc(OCNC(=O)N(C)C2CCCCC2)cc1C. The van der Waals surface area contributed by atoms with Crippen molar-refractivity contribution in [1.29, 1.82) is 0 Å².